The van der Waals surface area contributed by atoms with Gasteiger partial charge in [-0.15, -0.1) is 11.3 Å². The van der Waals surface area contributed by atoms with Gasteiger partial charge in [0.05, 0.1) is 0 Å². The molecular formula is C24H31NO2S. The van der Waals surface area contributed by atoms with Crippen molar-refractivity contribution in [2.45, 2.75) is 64.7 Å². The third-order valence-corrected chi connectivity index (χ3v) is 6.51. The van der Waals surface area contributed by atoms with E-state index in [2.05, 4.69) is 42.2 Å². The normalized spacial score (nSPS) is 13.8. The molecule has 28 heavy (non-hydrogen) atoms. The number of nitrogens with zero attached hydrogens (tertiary/aromatic N) is 1. The van der Waals surface area contributed by atoms with Gasteiger partial charge in [-0.25, -0.2) is 4.79 Å². The van der Waals surface area contributed by atoms with Crippen molar-refractivity contribution in [1.82, 2.24) is 0 Å². The van der Waals surface area contributed by atoms with E-state index in [4.69, 9.17) is 5.11 Å². The lowest BCUT2D eigenvalue weighted by atomic mass is 10.1. The van der Waals surface area contributed by atoms with Crippen LogP contribution < -0.4 is 4.90 Å². The third-order valence-electron chi connectivity index (χ3n) is 5.37. The standard InChI is InChI=1S/C24H31NO2S/c1-2-3-4-5-8-19-12-14-21(15-13-19)25-18-7-10-20(25)9-6-11-22-16-17-23(28-22)24(26)27/h10,12-17H,2-9,11,18H2,1H3,(H,26,27). The minimum absolute atomic E-state index is 0.437. The van der Waals surface area contributed by atoms with Crippen LogP contribution in [-0.4, -0.2) is 17.6 Å². The molecule has 150 valence electrons. The zero-order chi connectivity index (χ0) is 19.8. The van der Waals surface area contributed by atoms with Gasteiger partial charge in [-0.1, -0.05) is 44.4 Å². The molecule has 2 heterocycles. The van der Waals surface area contributed by atoms with E-state index in [0.29, 0.717) is 4.88 Å². The molecule has 2 aromatic rings. The van der Waals surface area contributed by atoms with Gasteiger partial charge in [-0.05, 0) is 68.4 Å². The molecule has 0 fully saturated rings. The highest BCUT2D eigenvalue weighted by Gasteiger charge is 2.16. The summed E-state index contributed by atoms with van der Waals surface area (Å²) in [6.45, 7) is 3.32. The molecule has 0 bridgehead atoms. The molecule has 0 aliphatic carbocycles. The van der Waals surface area contributed by atoms with Gasteiger partial charge in [0.25, 0.3) is 0 Å². The predicted molar refractivity (Wildman–Crippen MR) is 119 cm³/mol. The number of aromatic carboxylic acids is 1. The molecule has 0 atom stereocenters. The van der Waals surface area contributed by atoms with E-state index in [1.807, 2.05) is 6.07 Å². The van der Waals surface area contributed by atoms with Crippen LogP contribution in [0.3, 0.4) is 0 Å². The second-order valence-electron chi connectivity index (χ2n) is 7.54. The fourth-order valence-electron chi connectivity index (χ4n) is 3.82. The molecule has 0 saturated heterocycles. The molecule has 1 aliphatic rings. The number of unbranched alkanes of at least 4 members (excludes halogenated alkanes) is 3. The first-order valence-electron chi connectivity index (χ1n) is 10.5. The molecule has 1 aliphatic heterocycles. The van der Waals surface area contributed by atoms with Crippen LogP contribution in [0.2, 0.25) is 0 Å². The zero-order valence-corrected chi connectivity index (χ0v) is 17.6. The first-order chi connectivity index (χ1) is 13.7. The average Bonchev–Trinajstić information content (AvgIpc) is 3.36. The van der Waals surface area contributed by atoms with E-state index < -0.39 is 5.97 Å². The molecule has 1 aromatic heterocycles. The minimum Gasteiger partial charge on any atom is -0.477 e. The summed E-state index contributed by atoms with van der Waals surface area (Å²) in [6.07, 6.45) is 12.9. The number of benzene rings is 1. The maximum absolute atomic E-state index is 11.0. The van der Waals surface area contributed by atoms with Crippen molar-refractivity contribution in [3.63, 3.8) is 0 Å². The van der Waals surface area contributed by atoms with Gasteiger partial charge in [-0.3, -0.25) is 0 Å². The molecule has 1 aromatic carbocycles. The molecule has 4 heteroatoms. The van der Waals surface area contributed by atoms with Gasteiger partial charge < -0.3 is 10.0 Å². The summed E-state index contributed by atoms with van der Waals surface area (Å²) in [7, 11) is 0. The fourth-order valence-corrected chi connectivity index (χ4v) is 4.70. The van der Waals surface area contributed by atoms with E-state index >= 15 is 0 Å². The van der Waals surface area contributed by atoms with Crippen molar-refractivity contribution in [2.24, 2.45) is 0 Å². The Hall–Kier alpha value is -2.07. The van der Waals surface area contributed by atoms with Gasteiger partial charge in [0.1, 0.15) is 4.88 Å². The van der Waals surface area contributed by atoms with Crippen LogP contribution in [-0.2, 0) is 12.8 Å². The Bertz CT molecular complexity index is 791. The van der Waals surface area contributed by atoms with Crippen molar-refractivity contribution in [3.8, 4) is 0 Å². The van der Waals surface area contributed by atoms with E-state index in [1.165, 1.54) is 60.4 Å². The lowest BCUT2D eigenvalue weighted by Crippen LogP contribution is -2.18. The van der Waals surface area contributed by atoms with Gasteiger partial charge in [0, 0.05) is 22.8 Å². The number of carbonyl (C=O) groups is 1. The SMILES string of the molecule is CCCCCCc1ccc(N2CCC=C2CCCc2ccc(C(=O)O)s2)cc1. The topological polar surface area (TPSA) is 40.5 Å². The van der Waals surface area contributed by atoms with Crippen LogP contribution in [0.15, 0.2) is 48.2 Å². The molecule has 0 radical (unpaired) electrons. The lowest BCUT2D eigenvalue weighted by Gasteiger charge is -2.23. The van der Waals surface area contributed by atoms with Crippen molar-refractivity contribution in [2.75, 3.05) is 11.4 Å². The van der Waals surface area contributed by atoms with E-state index in [0.717, 1.165) is 37.1 Å². The quantitative estimate of drug-likeness (QED) is 0.430. The van der Waals surface area contributed by atoms with Crippen LogP contribution in [0.5, 0.6) is 0 Å². The highest BCUT2D eigenvalue weighted by atomic mass is 32.1. The molecule has 0 saturated carbocycles. The van der Waals surface area contributed by atoms with Gasteiger partial charge in [0.2, 0.25) is 0 Å². The molecule has 1 N–H and O–H groups in total. The maximum atomic E-state index is 11.0. The number of thiophene rings is 1. The zero-order valence-electron chi connectivity index (χ0n) is 16.8. The highest BCUT2D eigenvalue weighted by molar-refractivity contribution is 7.13. The summed E-state index contributed by atoms with van der Waals surface area (Å²) in [6, 6.07) is 12.8. The average molecular weight is 398 g/mol. The summed E-state index contributed by atoms with van der Waals surface area (Å²) in [4.78, 5) is 15.0. The largest absolute Gasteiger partial charge is 0.477 e. The number of carboxylic acid groups (broad SMARTS) is 1. The Morgan fingerprint density at radius 3 is 2.54 bits per heavy atom. The van der Waals surface area contributed by atoms with Crippen molar-refractivity contribution in [1.29, 1.82) is 0 Å². The third kappa shape index (κ3) is 5.71. The van der Waals surface area contributed by atoms with Crippen LogP contribution in [0.25, 0.3) is 0 Å². The molecule has 3 rings (SSSR count). The van der Waals surface area contributed by atoms with E-state index in [9.17, 15) is 4.79 Å². The summed E-state index contributed by atoms with van der Waals surface area (Å²) in [5, 5.41) is 9.04. The van der Waals surface area contributed by atoms with Crippen molar-refractivity contribution < 1.29 is 9.90 Å². The second kappa shape index (κ2) is 10.5. The first-order valence-corrected chi connectivity index (χ1v) is 11.4. The van der Waals surface area contributed by atoms with Gasteiger partial charge in [-0.2, -0.15) is 0 Å². The highest BCUT2D eigenvalue weighted by Crippen LogP contribution is 2.29. The lowest BCUT2D eigenvalue weighted by molar-refractivity contribution is 0.0702. The van der Waals surface area contributed by atoms with E-state index in [-0.39, 0.29) is 0 Å². The molecule has 3 nitrogen and oxygen atoms in total. The van der Waals surface area contributed by atoms with Crippen LogP contribution in [0.4, 0.5) is 5.69 Å². The second-order valence-corrected chi connectivity index (χ2v) is 8.71. The minimum atomic E-state index is -0.824. The number of anilines is 1. The van der Waals surface area contributed by atoms with Gasteiger partial charge >= 0.3 is 5.97 Å². The number of rotatable bonds is 11. The number of aryl methyl sites for hydroxylation is 2. The predicted octanol–water partition coefficient (Wildman–Crippen LogP) is 6.69. The van der Waals surface area contributed by atoms with Crippen LogP contribution in [0.1, 0.15) is 72.0 Å². The Morgan fingerprint density at radius 1 is 1.00 bits per heavy atom. The molecular weight excluding hydrogens is 366 g/mol. The summed E-state index contributed by atoms with van der Waals surface area (Å²) < 4.78 is 0. The fraction of sp³-hybridized carbons (Fsp3) is 0.458. The summed E-state index contributed by atoms with van der Waals surface area (Å²) >= 11 is 1.40. The van der Waals surface area contributed by atoms with Crippen molar-refractivity contribution >= 4 is 23.0 Å². The summed E-state index contributed by atoms with van der Waals surface area (Å²) in [5.41, 5.74) is 4.15. The maximum Gasteiger partial charge on any atom is 0.345 e. The van der Waals surface area contributed by atoms with E-state index in [1.54, 1.807) is 6.07 Å². The Kier molecular flexibility index (Phi) is 7.72. The Balaban J connectivity index is 1.49. The summed E-state index contributed by atoms with van der Waals surface area (Å²) in [5.74, 6) is -0.824. The van der Waals surface area contributed by atoms with Gasteiger partial charge in [0.15, 0.2) is 0 Å². The molecule has 0 spiro atoms. The molecule has 0 amide bonds. The number of allylic oxidation sites excluding steroid dienone is 1. The Morgan fingerprint density at radius 2 is 1.82 bits per heavy atom. The number of hydrogen-bond donors (Lipinski definition) is 1. The molecule has 0 unspecified atom stereocenters. The Labute approximate surface area is 172 Å². The first kappa shape index (κ1) is 20.7. The smallest absolute Gasteiger partial charge is 0.345 e. The van der Waals surface area contributed by atoms with Crippen LogP contribution >= 0.6 is 11.3 Å². The van der Waals surface area contributed by atoms with Crippen molar-refractivity contribution in [3.05, 3.63) is 63.5 Å². The van der Waals surface area contributed by atoms with Crippen LogP contribution in [0, 0.1) is 0 Å². The monoisotopic (exact) mass is 397 g/mol. The number of carboxylic acids is 1. The number of hydrogen-bond acceptors (Lipinski definition) is 3.